The fourth-order valence-corrected chi connectivity index (χ4v) is 4.98. The highest BCUT2D eigenvalue weighted by molar-refractivity contribution is 7.88. The van der Waals surface area contributed by atoms with Gasteiger partial charge in [-0.15, -0.1) is 0 Å². The van der Waals surface area contributed by atoms with E-state index in [1.165, 1.54) is 11.8 Å². The molecule has 0 atom stereocenters. The van der Waals surface area contributed by atoms with E-state index in [0.717, 1.165) is 37.3 Å². The number of nitrogens with zero attached hydrogens (tertiary/aromatic N) is 4. The Morgan fingerprint density at radius 2 is 1.88 bits per heavy atom. The summed E-state index contributed by atoms with van der Waals surface area (Å²) in [5.41, 5.74) is 2.33. The molecule has 25 heavy (non-hydrogen) atoms. The van der Waals surface area contributed by atoms with Crippen LogP contribution in [0.1, 0.15) is 24.0 Å². The number of rotatable bonds is 2. The first-order chi connectivity index (χ1) is 12.0. The molecule has 0 radical (unpaired) electrons. The van der Waals surface area contributed by atoms with E-state index in [-0.39, 0.29) is 5.41 Å². The molecular weight excluding hydrogens is 336 g/mol. The summed E-state index contributed by atoms with van der Waals surface area (Å²) >= 11 is 0. The lowest BCUT2D eigenvalue weighted by molar-refractivity contribution is 0.226. The van der Waals surface area contributed by atoms with Crippen LogP contribution in [0.25, 0.3) is 0 Å². The molecule has 1 spiro atoms. The SMILES string of the molecule is CS(=O)(=O)N1Cc2ccccc2C2(CCN(c3cnccn3)CC2)C1. The van der Waals surface area contributed by atoms with E-state index in [4.69, 9.17) is 0 Å². The summed E-state index contributed by atoms with van der Waals surface area (Å²) in [6.45, 7) is 2.75. The van der Waals surface area contributed by atoms with Crippen LogP contribution in [0.3, 0.4) is 0 Å². The largest absolute Gasteiger partial charge is 0.355 e. The predicted molar refractivity (Wildman–Crippen MR) is 96.9 cm³/mol. The second-order valence-electron chi connectivity index (χ2n) is 7.02. The molecule has 2 aliphatic heterocycles. The number of aromatic nitrogens is 2. The maximum Gasteiger partial charge on any atom is 0.211 e. The molecule has 0 aliphatic carbocycles. The molecule has 0 amide bonds. The van der Waals surface area contributed by atoms with Gasteiger partial charge in [-0.1, -0.05) is 24.3 Å². The van der Waals surface area contributed by atoms with Gasteiger partial charge in [-0.25, -0.2) is 13.4 Å². The van der Waals surface area contributed by atoms with Crippen molar-refractivity contribution >= 4 is 15.8 Å². The summed E-state index contributed by atoms with van der Waals surface area (Å²) < 4.78 is 26.0. The van der Waals surface area contributed by atoms with Crippen LogP contribution in [0.4, 0.5) is 5.82 Å². The van der Waals surface area contributed by atoms with Crippen LogP contribution in [-0.4, -0.2) is 48.6 Å². The second kappa shape index (κ2) is 6.07. The van der Waals surface area contributed by atoms with Gasteiger partial charge in [-0.3, -0.25) is 4.98 Å². The van der Waals surface area contributed by atoms with E-state index in [2.05, 4.69) is 33.1 Å². The smallest absolute Gasteiger partial charge is 0.211 e. The molecule has 2 aliphatic rings. The first-order valence-electron chi connectivity index (χ1n) is 8.52. The van der Waals surface area contributed by atoms with Crippen LogP contribution >= 0.6 is 0 Å². The van der Waals surface area contributed by atoms with Crippen molar-refractivity contribution in [2.45, 2.75) is 24.8 Å². The van der Waals surface area contributed by atoms with Gasteiger partial charge in [0.2, 0.25) is 10.0 Å². The Morgan fingerprint density at radius 1 is 1.12 bits per heavy atom. The molecule has 1 fully saturated rings. The quantitative estimate of drug-likeness (QED) is 0.819. The molecule has 2 aromatic rings. The maximum atomic E-state index is 12.2. The molecule has 132 valence electrons. The van der Waals surface area contributed by atoms with Gasteiger partial charge < -0.3 is 4.90 Å². The van der Waals surface area contributed by atoms with Crippen molar-refractivity contribution in [3.05, 3.63) is 54.0 Å². The van der Waals surface area contributed by atoms with Crippen molar-refractivity contribution < 1.29 is 8.42 Å². The monoisotopic (exact) mass is 358 g/mol. The zero-order chi connectivity index (χ0) is 17.5. The lowest BCUT2D eigenvalue weighted by atomic mass is 9.69. The number of benzene rings is 1. The Bertz CT molecular complexity index is 862. The first-order valence-corrected chi connectivity index (χ1v) is 10.4. The standard InChI is InChI=1S/C18H22N4O2S/c1-25(23,24)22-13-15-4-2-3-5-16(15)18(14-22)6-10-21(11-7-18)17-12-19-8-9-20-17/h2-5,8-9,12H,6-7,10-11,13-14H2,1H3. The first kappa shape index (κ1) is 16.5. The van der Waals surface area contributed by atoms with E-state index < -0.39 is 10.0 Å². The van der Waals surface area contributed by atoms with Crippen molar-refractivity contribution in [1.82, 2.24) is 14.3 Å². The molecule has 3 heterocycles. The lowest BCUT2D eigenvalue weighted by Gasteiger charge is -2.48. The van der Waals surface area contributed by atoms with Crippen molar-refractivity contribution in [2.24, 2.45) is 0 Å². The van der Waals surface area contributed by atoms with Crippen LogP contribution in [0.2, 0.25) is 0 Å². The molecule has 0 bridgehead atoms. The van der Waals surface area contributed by atoms with E-state index in [1.807, 2.05) is 6.07 Å². The third-order valence-electron chi connectivity index (χ3n) is 5.48. The number of hydrogen-bond acceptors (Lipinski definition) is 5. The third kappa shape index (κ3) is 3.02. The van der Waals surface area contributed by atoms with Gasteiger partial charge in [-0.2, -0.15) is 4.31 Å². The highest BCUT2D eigenvalue weighted by Crippen LogP contribution is 2.42. The van der Waals surface area contributed by atoms with Gasteiger partial charge in [0.25, 0.3) is 0 Å². The van der Waals surface area contributed by atoms with E-state index >= 15 is 0 Å². The minimum absolute atomic E-state index is 0.114. The molecular formula is C18H22N4O2S. The number of anilines is 1. The van der Waals surface area contributed by atoms with Crippen molar-refractivity contribution in [1.29, 1.82) is 0 Å². The molecule has 1 aromatic carbocycles. The predicted octanol–water partition coefficient (Wildman–Crippen LogP) is 1.79. The minimum Gasteiger partial charge on any atom is -0.355 e. The molecule has 1 aromatic heterocycles. The van der Waals surface area contributed by atoms with Gasteiger partial charge >= 0.3 is 0 Å². The zero-order valence-electron chi connectivity index (χ0n) is 14.3. The highest BCUT2D eigenvalue weighted by Gasteiger charge is 2.44. The summed E-state index contributed by atoms with van der Waals surface area (Å²) in [5.74, 6) is 0.890. The maximum absolute atomic E-state index is 12.2. The highest BCUT2D eigenvalue weighted by atomic mass is 32.2. The molecule has 4 rings (SSSR count). The Labute approximate surface area is 148 Å². The fraction of sp³-hybridized carbons (Fsp3) is 0.444. The van der Waals surface area contributed by atoms with Crippen LogP contribution in [0, 0.1) is 0 Å². The molecule has 7 heteroatoms. The Kier molecular flexibility index (Phi) is 4.00. The average molecular weight is 358 g/mol. The molecule has 1 saturated heterocycles. The topological polar surface area (TPSA) is 66.4 Å². The summed E-state index contributed by atoms with van der Waals surface area (Å²) in [5, 5.41) is 0. The molecule has 0 saturated carbocycles. The van der Waals surface area contributed by atoms with Crippen LogP contribution in [-0.2, 0) is 22.0 Å². The van der Waals surface area contributed by atoms with Gasteiger partial charge in [-0.05, 0) is 24.0 Å². The van der Waals surface area contributed by atoms with Gasteiger partial charge in [0.1, 0.15) is 5.82 Å². The summed E-state index contributed by atoms with van der Waals surface area (Å²) in [6, 6.07) is 8.29. The number of fused-ring (bicyclic) bond motifs is 2. The normalized spacial score (nSPS) is 20.4. The summed E-state index contributed by atoms with van der Waals surface area (Å²) in [7, 11) is -3.21. The van der Waals surface area contributed by atoms with E-state index in [1.54, 1.807) is 22.9 Å². The fourth-order valence-electron chi connectivity index (χ4n) is 4.12. The number of piperidine rings is 1. The van der Waals surface area contributed by atoms with Crippen LogP contribution in [0.15, 0.2) is 42.9 Å². The third-order valence-corrected chi connectivity index (χ3v) is 6.67. The van der Waals surface area contributed by atoms with Gasteiger partial charge in [0, 0.05) is 44.0 Å². The number of hydrogen-bond donors (Lipinski definition) is 0. The van der Waals surface area contributed by atoms with Crippen molar-refractivity contribution in [3.8, 4) is 0 Å². The van der Waals surface area contributed by atoms with Crippen LogP contribution in [0.5, 0.6) is 0 Å². The molecule has 6 nitrogen and oxygen atoms in total. The lowest BCUT2D eigenvalue weighted by Crippen LogP contribution is -2.53. The minimum atomic E-state index is -3.21. The molecule has 0 N–H and O–H groups in total. The zero-order valence-corrected chi connectivity index (χ0v) is 15.1. The Morgan fingerprint density at radius 3 is 2.56 bits per heavy atom. The van der Waals surface area contributed by atoms with E-state index in [9.17, 15) is 8.42 Å². The van der Waals surface area contributed by atoms with Gasteiger partial charge in [0.05, 0.1) is 12.5 Å². The van der Waals surface area contributed by atoms with Crippen molar-refractivity contribution in [2.75, 3.05) is 30.8 Å². The van der Waals surface area contributed by atoms with Crippen molar-refractivity contribution in [3.63, 3.8) is 0 Å². The second-order valence-corrected chi connectivity index (χ2v) is 9.00. The summed E-state index contributed by atoms with van der Waals surface area (Å²) in [4.78, 5) is 10.8. The Balaban J connectivity index is 1.65. The average Bonchev–Trinajstić information content (AvgIpc) is 2.62. The number of sulfonamides is 1. The van der Waals surface area contributed by atoms with Crippen LogP contribution < -0.4 is 4.90 Å². The van der Waals surface area contributed by atoms with E-state index in [0.29, 0.717) is 13.1 Å². The molecule has 0 unspecified atom stereocenters. The Hall–Kier alpha value is -1.99. The van der Waals surface area contributed by atoms with Gasteiger partial charge in [0.15, 0.2) is 0 Å². The summed E-state index contributed by atoms with van der Waals surface area (Å²) in [6.07, 6.45) is 8.30.